The van der Waals surface area contributed by atoms with Gasteiger partial charge in [0.25, 0.3) is 0 Å². The molecule has 2 aromatic rings. The summed E-state index contributed by atoms with van der Waals surface area (Å²) in [6.07, 6.45) is 2.99. The summed E-state index contributed by atoms with van der Waals surface area (Å²) in [4.78, 5) is 7.81. The van der Waals surface area contributed by atoms with Crippen molar-refractivity contribution in [2.75, 3.05) is 7.11 Å². The van der Waals surface area contributed by atoms with Crippen LogP contribution in [-0.2, 0) is 0 Å². The molecule has 0 bridgehead atoms. The Bertz CT molecular complexity index is 454. The fraction of sp³-hybridized carbons (Fsp3) is 0.0909. The summed E-state index contributed by atoms with van der Waals surface area (Å²) in [6, 6.07) is 7.26. The number of ether oxygens (including phenoxy) is 1. The molecule has 76 valence electrons. The standard InChI is InChI=1S/C11H10N2O2/c1-15-9-4-2-8(3-5-9)10-11(14)13-7-6-12-10/h2-7H,1H3,(H,13,14). The molecule has 0 spiro atoms. The summed E-state index contributed by atoms with van der Waals surface area (Å²) in [5.74, 6) is 0.699. The van der Waals surface area contributed by atoms with E-state index in [-0.39, 0.29) is 5.88 Å². The Hall–Kier alpha value is -2.10. The van der Waals surface area contributed by atoms with E-state index in [4.69, 9.17) is 4.74 Å². The van der Waals surface area contributed by atoms with Gasteiger partial charge in [-0.15, -0.1) is 0 Å². The monoisotopic (exact) mass is 202 g/mol. The first-order chi connectivity index (χ1) is 7.31. The van der Waals surface area contributed by atoms with Crippen LogP contribution in [0.25, 0.3) is 11.3 Å². The molecule has 1 aromatic heterocycles. The molecular formula is C11H10N2O2. The second kappa shape index (κ2) is 3.96. The van der Waals surface area contributed by atoms with E-state index in [0.29, 0.717) is 5.69 Å². The summed E-state index contributed by atoms with van der Waals surface area (Å²) < 4.78 is 5.04. The minimum Gasteiger partial charge on any atom is -0.497 e. The number of hydrogen-bond donors (Lipinski definition) is 1. The van der Waals surface area contributed by atoms with Gasteiger partial charge in [-0.25, -0.2) is 9.97 Å². The molecule has 0 aliphatic heterocycles. The molecule has 2 rings (SSSR count). The third-order valence-electron chi connectivity index (χ3n) is 2.04. The number of hydrogen-bond acceptors (Lipinski definition) is 4. The van der Waals surface area contributed by atoms with E-state index < -0.39 is 0 Å². The van der Waals surface area contributed by atoms with Gasteiger partial charge in [0, 0.05) is 18.0 Å². The third-order valence-corrected chi connectivity index (χ3v) is 2.04. The van der Waals surface area contributed by atoms with Crippen LogP contribution in [0.3, 0.4) is 0 Å². The smallest absolute Gasteiger partial charge is 0.238 e. The molecule has 15 heavy (non-hydrogen) atoms. The van der Waals surface area contributed by atoms with Crippen molar-refractivity contribution >= 4 is 0 Å². The Labute approximate surface area is 87.2 Å². The van der Waals surface area contributed by atoms with Crippen molar-refractivity contribution < 1.29 is 9.84 Å². The van der Waals surface area contributed by atoms with E-state index in [1.165, 1.54) is 6.20 Å². The highest BCUT2D eigenvalue weighted by Crippen LogP contribution is 2.25. The highest BCUT2D eigenvalue weighted by atomic mass is 16.5. The molecule has 0 fully saturated rings. The fourth-order valence-corrected chi connectivity index (χ4v) is 1.28. The van der Waals surface area contributed by atoms with Gasteiger partial charge in [0.05, 0.1) is 7.11 Å². The second-order valence-corrected chi connectivity index (χ2v) is 2.96. The van der Waals surface area contributed by atoms with Gasteiger partial charge in [-0.2, -0.15) is 0 Å². The van der Waals surface area contributed by atoms with Crippen molar-refractivity contribution in [1.82, 2.24) is 9.97 Å². The summed E-state index contributed by atoms with van der Waals surface area (Å²) in [6.45, 7) is 0. The van der Waals surface area contributed by atoms with Gasteiger partial charge in [0.2, 0.25) is 5.88 Å². The van der Waals surface area contributed by atoms with Gasteiger partial charge >= 0.3 is 0 Å². The summed E-state index contributed by atoms with van der Waals surface area (Å²) in [5, 5.41) is 9.49. The van der Waals surface area contributed by atoms with Crippen molar-refractivity contribution in [3.05, 3.63) is 36.7 Å². The summed E-state index contributed by atoms with van der Waals surface area (Å²) >= 11 is 0. The van der Waals surface area contributed by atoms with E-state index in [0.717, 1.165) is 11.3 Å². The van der Waals surface area contributed by atoms with Crippen LogP contribution in [0, 0.1) is 0 Å². The van der Waals surface area contributed by atoms with E-state index in [1.807, 2.05) is 24.3 Å². The maximum Gasteiger partial charge on any atom is 0.238 e. The topological polar surface area (TPSA) is 55.2 Å². The number of aromatic hydroxyl groups is 1. The van der Waals surface area contributed by atoms with Crippen LogP contribution in [0.5, 0.6) is 11.6 Å². The van der Waals surface area contributed by atoms with Crippen LogP contribution in [-0.4, -0.2) is 22.2 Å². The zero-order valence-corrected chi connectivity index (χ0v) is 8.21. The van der Waals surface area contributed by atoms with Gasteiger partial charge < -0.3 is 9.84 Å². The lowest BCUT2D eigenvalue weighted by Crippen LogP contribution is -1.87. The maximum absolute atomic E-state index is 9.49. The summed E-state index contributed by atoms with van der Waals surface area (Å²) in [7, 11) is 1.61. The van der Waals surface area contributed by atoms with Gasteiger partial charge in [-0.3, -0.25) is 0 Å². The molecule has 4 heteroatoms. The fourth-order valence-electron chi connectivity index (χ4n) is 1.28. The molecular weight excluding hydrogens is 192 g/mol. The number of aromatic nitrogens is 2. The molecule has 0 saturated heterocycles. The first-order valence-corrected chi connectivity index (χ1v) is 4.45. The number of benzene rings is 1. The Morgan fingerprint density at radius 3 is 2.33 bits per heavy atom. The van der Waals surface area contributed by atoms with Crippen LogP contribution in [0.4, 0.5) is 0 Å². The summed E-state index contributed by atoms with van der Waals surface area (Å²) in [5.41, 5.74) is 1.28. The van der Waals surface area contributed by atoms with Gasteiger partial charge in [-0.1, -0.05) is 0 Å². The predicted octanol–water partition coefficient (Wildman–Crippen LogP) is 1.86. The lowest BCUT2D eigenvalue weighted by atomic mass is 10.1. The average molecular weight is 202 g/mol. The molecule has 0 aliphatic rings. The molecule has 1 aromatic carbocycles. The highest BCUT2D eigenvalue weighted by molar-refractivity contribution is 5.64. The molecule has 0 aliphatic carbocycles. The minimum atomic E-state index is -0.0670. The Morgan fingerprint density at radius 2 is 1.73 bits per heavy atom. The zero-order chi connectivity index (χ0) is 10.7. The van der Waals surface area contributed by atoms with Gasteiger partial charge in [0.1, 0.15) is 11.4 Å². The normalized spacial score (nSPS) is 9.93. The molecule has 0 unspecified atom stereocenters. The Kier molecular flexibility index (Phi) is 2.49. The van der Waals surface area contributed by atoms with Crippen LogP contribution in [0.2, 0.25) is 0 Å². The van der Waals surface area contributed by atoms with E-state index in [9.17, 15) is 5.11 Å². The SMILES string of the molecule is COc1ccc(-c2nccnc2O)cc1. The van der Waals surface area contributed by atoms with Crippen molar-refractivity contribution in [3.8, 4) is 22.9 Å². The first-order valence-electron chi connectivity index (χ1n) is 4.45. The van der Waals surface area contributed by atoms with Gasteiger partial charge in [0.15, 0.2) is 0 Å². The van der Waals surface area contributed by atoms with Crippen molar-refractivity contribution in [3.63, 3.8) is 0 Å². The average Bonchev–Trinajstić information content (AvgIpc) is 2.30. The largest absolute Gasteiger partial charge is 0.497 e. The Balaban J connectivity index is 2.42. The van der Waals surface area contributed by atoms with E-state index in [1.54, 1.807) is 13.3 Å². The van der Waals surface area contributed by atoms with Gasteiger partial charge in [-0.05, 0) is 24.3 Å². The lowest BCUT2D eigenvalue weighted by molar-refractivity contribution is 0.415. The number of methoxy groups -OCH3 is 1. The second-order valence-electron chi connectivity index (χ2n) is 2.96. The predicted molar refractivity (Wildman–Crippen MR) is 55.7 cm³/mol. The number of rotatable bonds is 2. The molecule has 0 radical (unpaired) electrons. The highest BCUT2D eigenvalue weighted by Gasteiger charge is 2.05. The van der Waals surface area contributed by atoms with Crippen LogP contribution in [0.1, 0.15) is 0 Å². The van der Waals surface area contributed by atoms with Crippen molar-refractivity contribution in [2.24, 2.45) is 0 Å². The number of nitrogens with zero attached hydrogens (tertiary/aromatic N) is 2. The maximum atomic E-state index is 9.49. The van der Waals surface area contributed by atoms with Crippen LogP contribution < -0.4 is 4.74 Å². The zero-order valence-electron chi connectivity index (χ0n) is 8.21. The first kappa shape index (κ1) is 9.45. The Morgan fingerprint density at radius 1 is 1.07 bits per heavy atom. The van der Waals surface area contributed by atoms with Crippen LogP contribution >= 0.6 is 0 Å². The van der Waals surface area contributed by atoms with E-state index in [2.05, 4.69) is 9.97 Å². The quantitative estimate of drug-likeness (QED) is 0.807. The van der Waals surface area contributed by atoms with Crippen molar-refractivity contribution in [1.29, 1.82) is 0 Å². The molecule has 1 N–H and O–H groups in total. The molecule has 0 amide bonds. The molecule has 4 nitrogen and oxygen atoms in total. The molecule has 0 saturated carbocycles. The van der Waals surface area contributed by atoms with Crippen molar-refractivity contribution in [2.45, 2.75) is 0 Å². The minimum absolute atomic E-state index is 0.0670. The van der Waals surface area contributed by atoms with Crippen LogP contribution in [0.15, 0.2) is 36.7 Å². The third kappa shape index (κ3) is 1.88. The molecule has 0 atom stereocenters. The lowest BCUT2D eigenvalue weighted by Gasteiger charge is -2.03. The van der Waals surface area contributed by atoms with E-state index >= 15 is 0 Å². The molecule has 1 heterocycles.